The van der Waals surface area contributed by atoms with Crippen molar-refractivity contribution in [1.82, 2.24) is 10.6 Å². The predicted molar refractivity (Wildman–Crippen MR) is 90.3 cm³/mol. The highest BCUT2D eigenvalue weighted by molar-refractivity contribution is 8.00. The largest absolute Gasteiger partial charge is 0.467 e. The van der Waals surface area contributed by atoms with Crippen LogP contribution in [-0.2, 0) is 16.1 Å². The van der Waals surface area contributed by atoms with Crippen molar-refractivity contribution >= 4 is 35.2 Å². The van der Waals surface area contributed by atoms with Gasteiger partial charge in [-0.1, -0.05) is 11.6 Å². The summed E-state index contributed by atoms with van der Waals surface area (Å²) in [4.78, 5) is 24.6. The summed E-state index contributed by atoms with van der Waals surface area (Å²) in [6, 6.07) is 10.8. The lowest BCUT2D eigenvalue weighted by Gasteiger charge is -2.12. The Morgan fingerprint density at radius 1 is 1.22 bits per heavy atom. The second kappa shape index (κ2) is 8.64. The maximum atomic E-state index is 12.0. The fourth-order valence-corrected chi connectivity index (χ4v) is 2.76. The van der Waals surface area contributed by atoms with Gasteiger partial charge in [0.1, 0.15) is 5.76 Å². The molecule has 2 aromatic rings. The van der Waals surface area contributed by atoms with Gasteiger partial charge in [0.2, 0.25) is 11.8 Å². The first-order valence-electron chi connectivity index (χ1n) is 7.03. The van der Waals surface area contributed by atoms with Crippen molar-refractivity contribution < 1.29 is 14.0 Å². The number of thioether (sulfide) groups is 1. The number of halogens is 1. The predicted octanol–water partition coefficient (Wildman–Crippen LogP) is 2.85. The number of hydrogen-bond donors (Lipinski definition) is 2. The molecule has 122 valence electrons. The summed E-state index contributed by atoms with van der Waals surface area (Å²) in [5.74, 6) is 0.202. The fraction of sp³-hybridized carbons (Fsp3) is 0.250. The van der Waals surface area contributed by atoms with Crippen molar-refractivity contribution in [3.8, 4) is 0 Å². The summed E-state index contributed by atoms with van der Waals surface area (Å²) in [7, 11) is 0. The van der Waals surface area contributed by atoms with Gasteiger partial charge in [0.05, 0.1) is 24.6 Å². The Balaban J connectivity index is 1.70. The van der Waals surface area contributed by atoms with Crippen LogP contribution < -0.4 is 10.6 Å². The topological polar surface area (TPSA) is 71.3 Å². The van der Waals surface area contributed by atoms with Gasteiger partial charge in [-0.3, -0.25) is 9.59 Å². The zero-order chi connectivity index (χ0) is 16.7. The number of carbonyl (C=O) groups is 2. The minimum absolute atomic E-state index is 0.0644. The normalized spacial score (nSPS) is 11.7. The molecule has 5 nitrogen and oxygen atoms in total. The summed E-state index contributed by atoms with van der Waals surface area (Å²) in [6.07, 6.45) is 1.54. The van der Waals surface area contributed by atoms with Crippen LogP contribution in [-0.4, -0.2) is 23.6 Å². The number of amides is 2. The highest BCUT2D eigenvalue weighted by atomic mass is 35.5. The van der Waals surface area contributed by atoms with Crippen LogP contribution in [0.2, 0.25) is 5.02 Å². The minimum atomic E-state index is -0.311. The van der Waals surface area contributed by atoms with Gasteiger partial charge < -0.3 is 15.1 Å². The van der Waals surface area contributed by atoms with Gasteiger partial charge >= 0.3 is 0 Å². The van der Waals surface area contributed by atoms with Crippen molar-refractivity contribution in [1.29, 1.82) is 0 Å². The first kappa shape index (κ1) is 17.4. The molecule has 0 aliphatic rings. The Kier molecular flexibility index (Phi) is 6.55. The average molecular weight is 353 g/mol. The van der Waals surface area contributed by atoms with Crippen molar-refractivity contribution in [3.63, 3.8) is 0 Å². The van der Waals surface area contributed by atoms with E-state index in [0.717, 1.165) is 4.90 Å². The molecule has 0 aliphatic heterocycles. The van der Waals surface area contributed by atoms with Gasteiger partial charge in [-0.05, 0) is 43.3 Å². The van der Waals surface area contributed by atoms with E-state index in [0.29, 0.717) is 17.3 Å². The number of nitrogens with one attached hydrogen (secondary N) is 2. The van der Waals surface area contributed by atoms with Gasteiger partial charge in [0, 0.05) is 9.92 Å². The molecule has 1 atom stereocenters. The number of rotatable bonds is 7. The second-order valence-corrected chi connectivity index (χ2v) is 6.64. The Morgan fingerprint density at radius 2 is 1.96 bits per heavy atom. The first-order valence-corrected chi connectivity index (χ1v) is 8.29. The molecule has 0 fully saturated rings. The van der Waals surface area contributed by atoms with E-state index < -0.39 is 0 Å². The number of carbonyl (C=O) groups excluding carboxylic acids is 2. The molecule has 2 amide bonds. The molecule has 0 bridgehead atoms. The van der Waals surface area contributed by atoms with Crippen molar-refractivity contribution in [2.24, 2.45) is 0 Å². The van der Waals surface area contributed by atoms with Crippen LogP contribution >= 0.6 is 23.4 Å². The molecular formula is C16H17ClN2O3S. The number of benzene rings is 1. The van der Waals surface area contributed by atoms with Crippen molar-refractivity contribution in [3.05, 3.63) is 53.4 Å². The monoisotopic (exact) mass is 352 g/mol. The van der Waals surface area contributed by atoms with Crippen molar-refractivity contribution in [2.75, 3.05) is 6.54 Å². The molecule has 1 heterocycles. The van der Waals surface area contributed by atoms with E-state index in [1.165, 1.54) is 11.8 Å². The van der Waals surface area contributed by atoms with Crippen LogP contribution in [0.4, 0.5) is 0 Å². The smallest absolute Gasteiger partial charge is 0.239 e. The van der Waals surface area contributed by atoms with E-state index in [1.807, 2.05) is 12.1 Å². The maximum absolute atomic E-state index is 12.0. The summed E-state index contributed by atoms with van der Waals surface area (Å²) >= 11 is 7.23. The summed E-state index contributed by atoms with van der Waals surface area (Å²) in [5.41, 5.74) is 0. The van der Waals surface area contributed by atoms with Gasteiger partial charge in [-0.15, -0.1) is 11.8 Å². The highest BCUT2D eigenvalue weighted by Crippen LogP contribution is 2.24. The van der Waals surface area contributed by atoms with Crippen LogP contribution in [0.3, 0.4) is 0 Å². The third kappa shape index (κ3) is 6.00. The Hall–Kier alpha value is -1.92. The van der Waals surface area contributed by atoms with E-state index in [9.17, 15) is 9.59 Å². The van der Waals surface area contributed by atoms with Crippen LogP contribution in [0.25, 0.3) is 0 Å². The average Bonchev–Trinajstić information content (AvgIpc) is 3.06. The molecule has 2 N–H and O–H groups in total. The summed E-state index contributed by atoms with van der Waals surface area (Å²) < 4.78 is 5.11. The van der Waals surface area contributed by atoms with Crippen LogP contribution in [0.5, 0.6) is 0 Å². The van der Waals surface area contributed by atoms with Crippen LogP contribution in [0, 0.1) is 0 Å². The Bertz CT molecular complexity index is 644. The fourth-order valence-electron chi connectivity index (χ4n) is 1.74. The lowest BCUT2D eigenvalue weighted by atomic mass is 10.4. The molecule has 1 unspecified atom stereocenters. The number of furan rings is 1. The Morgan fingerprint density at radius 3 is 2.61 bits per heavy atom. The quantitative estimate of drug-likeness (QED) is 0.752. The number of hydrogen-bond acceptors (Lipinski definition) is 4. The first-order chi connectivity index (χ1) is 11.0. The molecule has 0 saturated carbocycles. The molecule has 0 radical (unpaired) electrons. The molecule has 7 heteroatoms. The molecule has 23 heavy (non-hydrogen) atoms. The molecule has 0 aliphatic carbocycles. The molecule has 2 rings (SSSR count). The lowest BCUT2D eigenvalue weighted by molar-refractivity contribution is -0.125. The van der Waals surface area contributed by atoms with E-state index in [4.69, 9.17) is 16.0 Å². The van der Waals surface area contributed by atoms with Crippen LogP contribution in [0.15, 0.2) is 52.0 Å². The molecular weight excluding hydrogens is 336 g/mol. The zero-order valence-corrected chi connectivity index (χ0v) is 14.1. The van der Waals surface area contributed by atoms with E-state index in [-0.39, 0.29) is 23.6 Å². The van der Waals surface area contributed by atoms with Crippen molar-refractivity contribution in [2.45, 2.75) is 23.6 Å². The maximum Gasteiger partial charge on any atom is 0.239 e. The standard InChI is InChI=1S/C16H17ClN2O3S/c1-11(23-14-6-4-12(17)5-7-14)16(21)19-10-15(20)18-9-13-3-2-8-22-13/h2-8,11H,9-10H2,1H3,(H,18,20)(H,19,21). The highest BCUT2D eigenvalue weighted by Gasteiger charge is 2.15. The van der Waals surface area contributed by atoms with Gasteiger partial charge in [0.15, 0.2) is 0 Å². The summed E-state index contributed by atoms with van der Waals surface area (Å²) in [5, 5.41) is 5.62. The van der Waals surface area contributed by atoms with E-state index >= 15 is 0 Å². The zero-order valence-electron chi connectivity index (χ0n) is 12.5. The van der Waals surface area contributed by atoms with E-state index in [1.54, 1.807) is 37.5 Å². The van der Waals surface area contributed by atoms with E-state index in [2.05, 4.69) is 10.6 Å². The molecule has 0 spiro atoms. The lowest BCUT2D eigenvalue weighted by Crippen LogP contribution is -2.39. The van der Waals surface area contributed by atoms with Gasteiger partial charge in [-0.25, -0.2) is 0 Å². The SMILES string of the molecule is CC(Sc1ccc(Cl)cc1)C(=O)NCC(=O)NCc1ccco1. The Labute approximate surface area is 143 Å². The molecule has 1 aromatic carbocycles. The molecule has 0 saturated heterocycles. The summed E-state index contributed by atoms with van der Waals surface area (Å²) in [6.45, 7) is 2.03. The van der Waals surface area contributed by atoms with Gasteiger partial charge in [-0.2, -0.15) is 0 Å². The molecule has 1 aromatic heterocycles. The third-order valence-electron chi connectivity index (χ3n) is 2.96. The minimum Gasteiger partial charge on any atom is -0.467 e. The van der Waals surface area contributed by atoms with Gasteiger partial charge in [0.25, 0.3) is 0 Å². The van der Waals surface area contributed by atoms with Crippen LogP contribution in [0.1, 0.15) is 12.7 Å². The third-order valence-corrected chi connectivity index (χ3v) is 4.32. The second-order valence-electron chi connectivity index (χ2n) is 4.79.